The van der Waals surface area contributed by atoms with Crippen LogP contribution in [0.3, 0.4) is 0 Å². The molecule has 0 fully saturated rings. The van der Waals surface area contributed by atoms with E-state index < -0.39 is 4.92 Å². The van der Waals surface area contributed by atoms with Gasteiger partial charge in [-0.15, -0.1) is 0 Å². The molecule has 0 aliphatic heterocycles. The zero-order chi connectivity index (χ0) is 18.1. The maximum atomic E-state index is 10.9. The van der Waals surface area contributed by atoms with E-state index >= 15 is 0 Å². The van der Waals surface area contributed by atoms with Crippen LogP contribution in [0.5, 0.6) is 0 Å². The first-order valence-corrected chi connectivity index (χ1v) is 8.84. The SMILES string of the molecule is C[n+]1c(/C=C/c2ccc(-c3cccc([N+](=O)[O-])c3)o2)sc2ccccc21.[I-]. The van der Waals surface area contributed by atoms with E-state index in [-0.39, 0.29) is 29.7 Å². The number of fused-ring (bicyclic) bond motifs is 1. The van der Waals surface area contributed by atoms with E-state index in [1.54, 1.807) is 23.5 Å². The van der Waals surface area contributed by atoms with Gasteiger partial charge in [0.25, 0.3) is 10.7 Å². The van der Waals surface area contributed by atoms with Crippen LogP contribution in [0.1, 0.15) is 10.8 Å². The zero-order valence-electron chi connectivity index (χ0n) is 14.3. The minimum Gasteiger partial charge on any atom is -1.00 e. The Kier molecular flexibility index (Phi) is 5.71. The number of halogens is 1. The van der Waals surface area contributed by atoms with Gasteiger partial charge >= 0.3 is 0 Å². The van der Waals surface area contributed by atoms with Crippen molar-refractivity contribution in [1.82, 2.24) is 0 Å². The molecular weight excluding hydrogens is 475 g/mol. The monoisotopic (exact) mass is 490 g/mol. The van der Waals surface area contributed by atoms with Crippen LogP contribution >= 0.6 is 11.3 Å². The van der Waals surface area contributed by atoms with Gasteiger partial charge in [-0.2, -0.15) is 4.57 Å². The first-order chi connectivity index (χ1) is 12.6. The van der Waals surface area contributed by atoms with Crippen molar-refractivity contribution in [3.8, 4) is 11.3 Å². The van der Waals surface area contributed by atoms with Gasteiger partial charge in [-0.25, -0.2) is 0 Å². The van der Waals surface area contributed by atoms with Crippen LogP contribution in [-0.2, 0) is 7.05 Å². The number of para-hydroxylation sites is 1. The van der Waals surface area contributed by atoms with Gasteiger partial charge in [0.1, 0.15) is 23.3 Å². The lowest BCUT2D eigenvalue weighted by molar-refractivity contribution is -0.642. The van der Waals surface area contributed by atoms with Crippen molar-refractivity contribution < 1.29 is 37.9 Å². The number of aromatic nitrogens is 1. The largest absolute Gasteiger partial charge is 1.00 e. The molecule has 0 atom stereocenters. The Labute approximate surface area is 176 Å². The number of furan rings is 1. The first-order valence-electron chi connectivity index (χ1n) is 8.02. The summed E-state index contributed by atoms with van der Waals surface area (Å²) >= 11 is 1.71. The molecule has 136 valence electrons. The van der Waals surface area contributed by atoms with Gasteiger partial charge in [0.05, 0.1) is 4.92 Å². The number of benzene rings is 2. The van der Waals surface area contributed by atoms with Gasteiger partial charge in [0, 0.05) is 29.8 Å². The molecule has 4 rings (SSSR count). The third-order valence-electron chi connectivity index (χ3n) is 4.13. The predicted molar refractivity (Wildman–Crippen MR) is 103 cm³/mol. The number of thiazole rings is 1. The van der Waals surface area contributed by atoms with E-state index in [0.29, 0.717) is 17.1 Å². The fraction of sp³-hybridized carbons (Fsp3) is 0.0500. The minimum atomic E-state index is -0.408. The summed E-state index contributed by atoms with van der Waals surface area (Å²) in [5.74, 6) is 1.30. The second kappa shape index (κ2) is 8.01. The quantitative estimate of drug-likeness (QED) is 0.191. The van der Waals surface area contributed by atoms with Crippen LogP contribution in [0.15, 0.2) is 65.1 Å². The average Bonchev–Trinajstić information content (AvgIpc) is 3.25. The molecule has 0 saturated heterocycles. The van der Waals surface area contributed by atoms with Crippen LogP contribution in [-0.4, -0.2) is 4.92 Å². The Morgan fingerprint density at radius 1 is 1.07 bits per heavy atom. The minimum absolute atomic E-state index is 0. The predicted octanol–water partition coefficient (Wildman–Crippen LogP) is 2.07. The molecule has 0 aliphatic carbocycles. The highest BCUT2D eigenvalue weighted by atomic mass is 127. The van der Waals surface area contributed by atoms with E-state index in [0.717, 1.165) is 5.01 Å². The molecule has 0 saturated carbocycles. The molecule has 0 bridgehead atoms. The van der Waals surface area contributed by atoms with Crippen molar-refractivity contribution in [2.75, 3.05) is 0 Å². The van der Waals surface area contributed by atoms with Crippen molar-refractivity contribution in [1.29, 1.82) is 0 Å². The van der Waals surface area contributed by atoms with E-state index in [2.05, 4.69) is 16.7 Å². The summed E-state index contributed by atoms with van der Waals surface area (Å²) in [7, 11) is 2.04. The van der Waals surface area contributed by atoms with Crippen molar-refractivity contribution in [2.24, 2.45) is 7.05 Å². The Morgan fingerprint density at radius 2 is 1.89 bits per heavy atom. The molecule has 2 aromatic heterocycles. The third-order valence-corrected chi connectivity index (χ3v) is 5.31. The summed E-state index contributed by atoms with van der Waals surface area (Å²) < 4.78 is 9.19. The Hall–Kier alpha value is -2.52. The number of non-ortho nitro benzene ring substituents is 1. The number of nitrogens with zero attached hydrogens (tertiary/aromatic N) is 2. The summed E-state index contributed by atoms with van der Waals surface area (Å²) in [5, 5.41) is 12.0. The summed E-state index contributed by atoms with van der Waals surface area (Å²) in [5.41, 5.74) is 1.92. The summed E-state index contributed by atoms with van der Waals surface area (Å²) in [4.78, 5) is 10.5. The molecule has 0 aliphatic rings. The topological polar surface area (TPSA) is 60.2 Å². The van der Waals surface area contributed by atoms with Gasteiger partial charge in [-0.05, 0) is 24.3 Å². The molecular formula is C20H15IN2O3S. The van der Waals surface area contributed by atoms with Gasteiger partial charge in [0.2, 0.25) is 5.52 Å². The van der Waals surface area contributed by atoms with Crippen LogP contribution in [0.25, 0.3) is 33.7 Å². The molecule has 5 nitrogen and oxygen atoms in total. The lowest BCUT2D eigenvalue weighted by atomic mass is 10.1. The molecule has 0 spiro atoms. The first kappa shape index (κ1) is 19.2. The number of nitro benzene ring substituents is 1. The standard InChI is InChI=1S/C20H15N2O3S.HI/c1-21-17-7-2-3-8-19(17)26-20(21)12-10-16-9-11-18(25-16)14-5-4-6-15(13-14)22(23)24;/h2-13H,1H3;1H/q+1;/p-1/b12-10+;. The van der Waals surface area contributed by atoms with E-state index in [9.17, 15) is 10.1 Å². The molecule has 0 radical (unpaired) electrons. The Bertz CT molecular complexity index is 1150. The molecule has 0 unspecified atom stereocenters. The molecule has 2 heterocycles. The molecule has 27 heavy (non-hydrogen) atoms. The number of hydrogen-bond donors (Lipinski definition) is 0. The van der Waals surface area contributed by atoms with Crippen molar-refractivity contribution in [3.63, 3.8) is 0 Å². The lowest BCUT2D eigenvalue weighted by Crippen LogP contribution is -3.00. The highest BCUT2D eigenvalue weighted by molar-refractivity contribution is 7.18. The van der Waals surface area contributed by atoms with Crippen LogP contribution < -0.4 is 28.5 Å². The molecule has 2 aromatic carbocycles. The van der Waals surface area contributed by atoms with Gasteiger partial charge < -0.3 is 28.4 Å². The fourth-order valence-electron chi connectivity index (χ4n) is 2.79. The van der Waals surface area contributed by atoms with Crippen molar-refractivity contribution in [2.45, 2.75) is 0 Å². The number of hydrogen-bond acceptors (Lipinski definition) is 4. The smallest absolute Gasteiger partial charge is 0.270 e. The average molecular weight is 490 g/mol. The second-order valence-electron chi connectivity index (χ2n) is 5.81. The molecule has 4 aromatic rings. The summed E-state index contributed by atoms with van der Waals surface area (Å²) in [6, 6.07) is 18.4. The normalized spacial score (nSPS) is 11.0. The maximum Gasteiger partial charge on any atom is 0.270 e. The number of nitro groups is 1. The van der Waals surface area contributed by atoms with E-state index in [1.165, 1.54) is 22.3 Å². The highest BCUT2D eigenvalue weighted by Crippen LogP contribution is 2.27. The highest BCUT2D eigenvalue weighted by Gasteiger charge is 2.14. The lowest BCUT2D eigenvalue weighted by Gasteiger charge is -1.96. The van der Waals surface area contributed by atoms with Crippen molar-refractivity contribution >= 4 is 39.4 Å². The van der Waals surface area contributed by atoms with Crippen LogP contribution in [0, 0.1) is 10.1 Å². The molecule has 0 N–H and O–H groups in total. The number of aryl methyl sites for hydroxylation is 1. The third kappa shape index (κ3) is 3.93. The van der Waals surface area contributed by atoms with Gasteiger partial charge in [0.15, 0.2) is 0 Å². The maximum absolute atomic E-state index is 10.9. The zero-order valence-corrected chi connectivity index (χ0v) is 17.3. The molecule has 0 amide bonds. The summed E-state index contributed by atoms with van der Waals surface area (Å²) in [6.07, 6.45) is 3.92. The molecule has 7 heteroatoms. The number of rotatable bonds is 4. The Morgan fingerprint density at radius 3 is 2.67 bits per heavy atom. The van der Waals surface area contributed by atoms with Gasteiger partial charge in [-0.1, -0.05) is 35.6 Å². The van der Waals surface area contributed by atoms with E-state index in [1.807, 2.05) is 43.5 Å². The Balaban J connectivity index is 0.00000210. The van der Waals surface area contributed by atoms with E-state index in [4.69, 9.17) is 4.42 Å². The second-order valence-corrected chi connectivity index (χ2v) is 6.87. The van der Waals surface area contributed by atoms with Gasteiger partial charge in [-0.3, -0.25) is 10.1 Å². The van der Waals surface area contributed by atoms with Crippen molar-refractivity contribution in [3.05, 3.63) is 81.5 Å². The van der Waals surface area contributed by atoms with Crippen LogP contribution in [0.4, 0.5) is 5.69 Å². The summed E-state index contributed by atoms with van der Waals surface area (Å²) in [6.45, 7) is 0. The fourth-order valence-corrected chi connectivity index (χ4v) is 3.84. The van der Waals surface area contributed by atoms with Crippen LogP contribution in [0.2, 0.25) is 0 Å².